The number of nitrogens with zero attached hydrogens (tertiary/aromatic N) is 2. The monoisotopic (exact) mass is 420 g/mol. The number of amides is 4. The summed E-state index contributed by atoms with van der Waals surface area (Å²) in [4.78, 5) is 40.9. The van der Waals surface area contributed by atoms with Crippen molar-refractivity contribution in [3.05, 3.63) is 46.1 Å². The molecule has 3 rings (SSSR count). The highest BCUT2D eigenvalue weighted by atomic mass is 35.5. The maximum absolute atomic E-state index is 13.1. The van der Waals surface area contributed by atoms with Crippen molar-refractivity contribution < 1.29 is 19.1 Å². The van der Waals surface area contributed by atoms with Gasteiger partial charge in [0.1, 0.15) is 0 Å². The summed E-state index contributed by atoms with van der Waals surface area (Å²) in [5.41, 5.74) is 2.04. The van der Waals surface area contributed by atoms with Crippen molar-refractivity contribution in [3.8, 4) is 0 Å². The van der Waals surface area contributed by atoms with Gasteiger partial charge >= 0.3 is 6.03 Å². The molecule has 29 heavy (non-hydrogen) atoms. The number of halogens is 1. The zero-order chi connectivity index (χ0) is 21.0. The van der Waals surface area contributed by atoms with Crippen LogP contribution >= 0.6 is 11.6 Å². The van der Waals surface area contributed by atoms with Crippen molar-refractivity contribution in [1.82, 2.24) is 20.4 Å². The van der Waals surface area contributed by atoms with E-state index in [-0.39, 0.29) is 30.8 Å². The van der Waals surface area contributed by atoms with Crippen LogP contribution in [0, 0.1) is 0 Å². The first-order chi connectivity index (χ1) is 14.0. The number of carbonyl (C=O) groups excluding carboxylic acids is 3. The molecule has 0 spiro atoms. The van der Waals surface area contributed by atoms with Gasteiger partial charge in [-0.25, -0.2) is 4.79 Å². The van der Waals surface area contributed by atoms with Gasteiger partial charge in [-0.2, -0.15) is 0 Å². The Morgan fingerprint density at radius 3 is 2.69 bits per heavy atom. The Morgan fingerprint density at radius 2 is 2.03 bits per heavy atom. The van der Waals surface area contributed by atoms with Gasteiger partial charge in [0.2, 0.25) is 5.91 Å². The van der Waals surface area contributed by atoms with Crippen LogP contribution in [0.5, 0.6) is 0 Å². The second kappa shape index (κ2) is 9.28. The van der Waals surface area contributed by atoms with E-state index < -0.39 is 6.04 Å². The molecule has 8 nitrogen and oxygen atoms in total. The third-order valence-corrected chi connectivity index (χ3v) is 5.31. The SMILES string of the molecule is CCN1C(=O)N[C@@H](c2ccc(Cl)cc2)C2=C1CN(CCC(=O)NCCOC)C2=O. The van der Waals surface area contributed by atoms with E-state index in [9.17, 15) is 14.4 Å². The lowest BCUT2D eigenvalue weighted by molar-refractivity contribution is -0.127. The van der Waals surface area contributed by atoms with E-state index in [0.717, 1.165) is 5.56 Å². The van der Waals surface area contributed by atoms with Crippen LogP contribution in [-0.4, -0.2) is 67.5 Å². The molecule has 0 radical (unpaired) electrons. The fourth-order valence-corrected chi connectivity index (χ4v) is 3.71. The largest absolute Gasteiger partial charge is 0.383 e. The van der Waals surface area contributed by atoms with Gasteiger partial charge in [0, 0.05) is 38.2 Å². The number of urea groups is 1. The second-order valence-corrected chi connectivity index (χ2v) is 7.29. The number of hydrogen-bond donors (Lipinski definition) is 2. The van der Waals surface area contributed by atoms with Gasteiger partial charge in [0.15, 0.2) is 0 Å². The fourth-order valence-electron chi connectivity index (χ4n) is 3.59. The standard InChI is InChI=1S/C20H25ClN4O4/c1-3-25-15-12-24(10-8-16(26)22-9-11-29-2)19(27)17(15)18(23-20(25)28)13-4-6-14(21)7-5-13/h4-7,18H,3,8-12H2,1-2H3,(H,22,26)(H,23,28)/t18-/m0/s1. The molecule has 1 aromatic carbocycles. The Hall–Kier alpha value is -2.58. The van der Waals surface area contributed by atoms with Crippen LogP contribution in [0.15, 0.2) is 35.5 Å². The molecule has 0 saturated heterocycles. The van der Waals surface area contributed by atoms with Crippen molar-refractivity contribution in [2.45, 2.75) is 19.4 Å². The third kappa shape index (κ3) is 4.54. The number of benzene rings is 1. The summed E-state index contributed by atoms with van der Waals surface area (Å²) in [5, 5.41) is 6.25. The minimum atomic E-state index is -0.536. The van der Waals surface area contributed by atoms with Gasteiger partial charge in [-0.05, 0) is 24.6 Å². The van der Waals surface area contributed by atoms with Gasteiger partial charge in [0.25, 0.3) is 5.91 Å². The predicted octanol–water partition coefficient (Wildman–Crippen LogP) is 1.68. The Kier molecular flexibility index (Phi) is 6.76. The van der Waals surface area contributed by atoms with Crippen LogP contribution in [0.1, 0.15) is 24.9 Å². The summed E-state index contributed by atoms with van der Waals surface area (Å²) in [7, 11) is 1.57. The van der Waals surface area contributed by atoms with E-state index in [4.69, 9.17) is 16.3 Å². The lowest BCUT2D eigenvalue weighted by atomic mass is 9.95. The van der Waals surface area contributed by atoms with Gasteiger partial charge < -0.3 is 20.3 Å². The summed E-state index contributed by atoms with van der Waals surface area (Å²) >= 11 is 5.98. The maximum atomic E-state index is 13.1. The van der Waals surface area contributed by atoms with Crippen molar-refractivity contribution in [1.29, 1.82) is 0 Å². The number of nitrogens with one attached hydrogen (secondary N) is 2. The number of rotatable bonds is 8. The molecule has 0 aliphatic carbocycles. The quantitative estimate of drug-likeness (QED) is 0.626. The van der Waals surface area contributed by atoms with Crippen LogP contribution in [0.4, 0.5) is 4.79 Å². The summed E-state index contributed by atoms with van der Waals surface area (Å²) in [5.74, 6) is -0.307. The van der Waals surface area contributed by atoms with Crippen LogP contribution in [0.3, 0.4) is 0 Å². The Labute approximate surface area is 174 Å². The fraction of sp³-hybridized carbons (Fsp3) is 0.450. The van der Waals surface area contributed by atoms with Gasteiger partial charge in [-0.15, -0.1) is 0 Å². The number of carbonyl (C=O) groups is 3. The van der Waals surface area contributed by atoms with E-state index >= 15 is 0 Å². The van der Waals surface area contributed by atoms with Crippen LogP contribution in [0.25, 0.3) is 0 Å². The predicted molar refractivity (Wildman–Crippen MR) is 108 cm³/mol. The smallest absolute Gasteiger partial charge is 0.322 e. The summed E-state index contributed by atoms with van der Waals surface area (Å²) in [6.07, 6.45) is 0.190. The lowest BCUT2D eigenvalue weighted by Gasteiger charge is -2.32. The minimum absolute atomic E-state index is 0.143. The van der Waals surface area contributed by atoms with Crippen molar-refractivity contribution in [3.63, 3.8) is 0 Å². The van der Waals surface area contributed by atoms with E-state index in [2.05, 4.69) is 10.6 Å². The first-order valence-electron chi connectivity index (χ1n) is 9.57. The zero-order valence-electron chi connectivity index (χ0n) is 16.5. The lowest BCUT2D eigenvalue weighted by Crippen LogP contribution is -2.47. The van der Waals surface area contributed by atoms with Crippen molar-refractivity contribution in [2.24, 2.45) is 0 Å². The molecule has 0 bridgehead atoms. The molecule has 4 amide bonds. The molecule has 1 aromatic rings. The highest BCUT2D eigenvalue weighted by Gasteiger charge is 2.43. The molecule has 156 valence electrons. The molecule has 2 aliphatic heterocycles. The van der Waals surface area contributed by atoms with Crippen LogP contribution in [0.2, 0.25) is 5.02 Å². The number of hydrogen-bond acceptors (Lipinski definition) is 4. The molecule has 0 saturated carbocycles. The molecule has 0 fully saturated rings. The van der Waals surface area contributed by atoms with E-state index in [1.165, 1.54) is 0 Å². The molecule has 2 heterocycles. The highest BCUT2D eigenvalue weighted by Crippen LogP contribution is 2.36. The van der Waals surface area contributed by atoms with Gasteiger partial charge in [-0.1, -0.05) is 23.7 Å². The van der Waals surface area contributed by atoms with Crippen molar-refractivity contribution >= 4 is 29.4 Å². The molecular formula is C20H25ClN4O4. The third-order valence-electron chi connectivity index (χ3n) is 5.05. The molecule has 1 atom stereocenters. The first kappa shape index (κ1) is 21.1. The second-order valence-electron chi connectivity index (χ2n) is 6.86. The van der Waals surface area contributed by atoms with Crippen LogP contribution in [-0.2, 0) is 14.3 Å². The average molecular weight is 421 g/mol. The maximum Gasteiger partial charge on any atom is 0.322 e. The summed E-state index contributed by atoms with van der Waals surface area (Å²) < 4.78 is 4.91. The first-order valence-corrected chi connectivity index (χ1v) is 9.95. The van der Waals surface area contributed by atoms with Crippen molar-refractivity contribution in [2.75, 3.05) is 39.9 Å². The Balaban J connectivity index is 1.77. The van der Waals surface area contributed by atoms with Gasteiger partial charge in [-0.3, -0.25) is 14.5 Å². The Morgan fingerprint density at radius 1 is 1.31 bits per heavy atom. The average Bonchev–Trinajstić information content (AvgIpc) is 3.03. The molecule has 0 aromatic heterocycles. The van der Waals surface area contributed by atoms with Crippen LogP contribution < -0.4 is 10.6 Å². The Bertz CT molecular complexity index is 824. The number of likely N-dealkylation sites (N-methyl/N-ethyl adjacent to an activating group) is 1. The van der Waals surface area contributed by atoms with E-state index in [1.807, 2.05) is 6.92 Å². The topological polar surface area (TPSA) is 91.0 Å². The molecular weight excluding hydrogens is 396 g/mol. The number of ether oxygens (including phenoxy) is 1. The molecule has 2 N–H and O–H groups in total. The van der Waals surface area contributed by atoms with E-state index in [1.54, 1.807) is 41.2 Å². The molecule has 2 aliphatic rings. The zero-order valence-corrected chi connectivity index (χ0v) is 17.3. The summed E-state index contributed by atoms with van der Waals surface area (Å²) in [6.45, 7) is 3.78. The van der Waals surface area contributed by atoms with E-state index in [0.29, 0.717) is 42.5 Å². The molecule has 0 unspecified atom stereocenters. The number of methoxy groups -OCH3 is 1. The summed E-state index contributed by atoms with van der Waals surface area (Å²) in [6, 6.07) is 6.30. The highest BCUT2D eigenvalue weighted by molar-refractivity contribution is 6.30. The van der Waals surface area contributed by atoms with Gasteiger partial charge in [0.05, 0.1) is 30.5 Å². The molecule has 9 heteroatoms. The normalized spacial score (nSPS) is 18.8. The minimum Gasteiger partial charge on any atom is -0.383 e.